The van der Waals surface area contributed by atoms with Crippen LogP contribution in [0.15, 0.2) is 28.8 Å². The first-order valence-electron chi connectivity index (χ1n) is 7.12. The maximum atomic E-state index is 12.3. The lowest BCUT2D eigenvalue weighted by Crippen LogP contribution is -2.52. The summed E-state index contributed by atoms with van der Waals surface area (Å²) in [6.07, 6.45) is 1.83. The smallest absolute Gasteiger partial charge is 0.217 e. The molecule has 1 aromatic heterocycles. The summed E-state index contributed by atoms with van der Waals surface area (Å²) in [6, 6.07) is 7.35. The van der Waals surface area contributed by atoms with Crippen LogP contribution >= 0.6 is 0 Å². The number of piperidine rings is 1. The minimum absolute atomic E-state index is 0.0677. The molecular formula is C14H19N3O3S. The molecule has 0 spiro atoms. The predicted octanol–water partition coefficient (Wildman–Crippen LogP) is 1.39. The number of aromatic nitrogens is 1. The highest BCUT2D eigenvalue weighted by Crippen LogP contribution is 2.20. The summed E-state index contributed by atoms with van der Waals surface area (Å²) < 4.78 is 32.6. The fourth-order valence-corrected chi connectivity index (χ4v) is 4.13. The monoisotopic (exact) mass is 309 g/mol. The fraction of sp³-hybridized carbons (Fsp3) is 0.500. The van der Waals surface area contributed by atoms with E-state index >= 15 is 0 Å². The molecule has 3 rings (SSSR count). The van der Waals surface area contributed by atoms with Gasteiger partial charge in [-0.15, -0.1) is 0 Å². The molecule has 21 heavy (non-hydrogen) atoms. The second kappa shape index (κ2) is 5.75. The van der Waals surface area contributed by atoms with Crippen LogP contribution in [0.4, 0.5) is 0 Å². The van der Waals surface area contributed by atoms with Gasteiger partial charge in [-0.2, -0.15) is 0 Å². The topological polar surface area (TPSA) is 84.2 Å². The molecule has 2 atom stereocenters. The van der Waals surface area contributed by atoms with Crippen molar-refractivity contribution in [2.75, 3.05) is 6.54 Å². The van der Waals surface area contributed by atoms with E-state index in [9.17, 15) is 8.42 Å². The third kappa shape index (κ3) is 3.25. The van der Waals surface area contributed by atoms with Crippen molar-refractivity contribution in [3.63, 3.8) is 0 Å². The molecule has 2 heterocycles. The summed E-state index contributed by atoms with van der Waals surface area (Å²) in [5.41, 5.74) is 1.06. The Hall–Kier alpha value is -1.44. The molecule has 0 saturated carbocycles. The summed E-state index contributed by atoms with van der Waals surface area (Å²) in [7, 11) is -3.44. The maximum absolute atomic E-state index is 12.3. The number of para-hydroxylation sites is 1. The summed E-state index contributed by atoms with van der Waals surface area (Å²) >= 11 is 0. The van der Waals surface area contributed by atoms with Crippen molar-refractivity contribution in [2.24, 2.45) is 0 Å². The van der Waals surface area contributed by atoms with Crippen molar-refractivity contribution in [1.29, 1.82) is 0 Å². The number of hydrogen-bond acceptors (Lipinski definition) is 5. The van der Waals surface area contributed by atoms with Crippen molar-refractivity contribution < 1.29 is 12.9 Å². The summed E-state index contributed by atoms with van der Waals surface area (Å²) in [4.78, 5) is 0. The minimum atomic E-state index is -3.44. The third-order valence-electron chi connectivity index (χ3n) is 3.87. The summed E-state index contributed by atoms with van der Waals surface area (Å²) in [6.45, 7) is 2.94. The summed E-state index contributed by atoms with van der Waals surface area (Å²) in [5.74, 6) is -0.159. The van der Waals surface area contributed by atoms with Crippen molar-refractivity contribution in [3.05, 3.63) is 30.0 Å². The van der Waals surface area contributed by atoms with E-state index in [-0.39, 0.29) is 17.8 Å². The predicted molar refractivity (Wildman–Crippen MR) is 80.3 cm³/mol. The Morgan fingerprint density at radius 1 is 1.43 bits per heavy atom. The Bertz CT molecular complexity index is 726. The van der Waals surface area contributed by atoms with Gasteiger partial charge in [0, 0.05) is 17.5 Å². The minimum Gasteiger partial charge on any atom is -0.356 e. The number of rotatable bonds is 4. The molecule has 1 aliphatic heterocycles. The first-order valence-corrected chi connectivity index (χ1v) is 8.77. The molecule has 0 aliphatic carbocycles. The van der Waals surface area contributed by atoms with E-state index < -0.39 is 10.0 Å². The molecule has 2 N–H and O–H groups in total. The van der Waals surface area contributed by atoms with Gasteiger partial charge in [-0.05, 0) is 38.4 Å². The third-order valence-corrected chi connectivity index (χ3v) is 5.19. The highest BCUT2D eigenvalue weighted by molar-refractivity contribution is 7.88. The highest BCUT2D eigenvalue weighted by atomic mass is 32.2. The van der Waals surface area contributed by atoms with Crippen LogP contribution in [0.1, 0.15) is 25.5 Å². The molecular weight excluding hydrogens is 290 g/mol. The molecule has 6 nitrogen and oxygen atoms in total. The molecule has 0 amide bonds. The van der Waals surface area contributed by atoms with Gasteiger partial charge in [-0.3, -0.25) is 0 Å². The average molecular weight is 309 g/mol. The second-order valence-electron chi connectivity index (χ2n) is 5.49. The van der Waals surface area contributed by atoms with Gasteiger partial charge in [0.15, 0.2) is 5.58 Å². The Balaban J connectivity index is 1.76. The number of hydrogen-bond donors (Lipinski definition) is 2. The van der Waals surface area contributed by atoms with E-state index in [1.54, 1.807) is 6.07 Å². The Kier molecular flexibility index (Phi) is 3.97. The zero-order chi connectivity index (χ0) is 14.9. The van der Waals surface area contributed by atoms with Gasteiger partial charge >= 0.3 is 0 Å². The fourth-order valence-electron chi connectivity index (χ4n) is 2.70. The second-order valence-corrected chi connectivity index (χ2v) is 7.25. The normalized spacial score (nSPS) is 23.5. The zero-order valence-electron chi connectivity index (χ0n) is 11.9. The molecule has 7 heteroatoms. The van der Waals surface area contributed by atoms with Crippen molar-refractivity contribution in [1.82, 2.24) is 15.2 Å². The van der Waals surface area contributed by atoms with E-state index in [4.69, 9.17) is 4.52 Å². The molecule has 0 bridgehead atoms. The number of sulfonamides is 1. The quantitative estimate of drug-likeness (QED) is 0.891. The number of benzene rings is 1. The van der Waals surface area contributed by atoms with Crippen molar-refractivity contribution in [2.45, 2.75) is 37.6 Å². The van der Waals surface area contributed by atoms with Crippen LogP contribution < -0.4 is 10.0 Å². The van der Waals surface area contributed by atoms with Crippen LogP contribution in [0.5, 0.6) is 0 Å². The van der Waals surface area contributed by atoms with Gasteiger partial charge < -0.3 is 9.84 Å². The first kappa shape index (κ1) is 14.5. The number of fused-ring (bicyclic) bond motifs is 1. The Morgan fingerprint density at radius 2 is 2.24 bits per heavy atom. The molecule has 1 aliphatic rings. The largest absolute Gasteiger partial charge is 0.356 e. The molecule has 1 saturated heterocycles. The zero-order valence-corrected chi connectivity index (χ0v) is 12.7. The SMILES string of the molecule is C[C@@H]1NCCC[C@H]1NS(=O)(=O)Cc1noc2ccccc12. The highest BCUT2D eigenvalue weighted by Gasteiger charge is 2.26. The molecule has 114 valence electrons. The molecule has 1 fully saturated rings. The molecule has 0 radical (unpaired) electrons. The molecule has 1 aromatic carbocycles. The van der Waals surface area contributed by atoms with E-state index in [0.29, 0.717) is 11.3 Å². The van der Waals surface area contributed by atoms with Gasteiger partial charge in [0.1, 0.15) is 11.4 Å². The lowest BCUT2D eigenvalue weighted by Gasteiger charge is -2.30. The van der Waals surface area contributed by atoms with E-state index in [2.05, 4.69) is 15.2 Å². The van der Waals surface area contributed by atoms with Crippen molar-refractivity contribution >= 4 is 21.0 Å². The van der Waals surface area contributed by atoms with E-state index in [1.165, 1.54) is 0 Å². The standard InChI is InChI=1S/C14H19N3O3S/c1-10-12(6-4-8-15-10)17-21(18,19)9-13-11-5-2-3-7-14(11)20-16-13/h2-3,5,7,10,12,15,17H,4,6,8-9H2,1H3/t10-,12+/m0/s1. The molecule has 0 unspecified atom stereocenters. The van der Waals surface area contributed by atoms with Gasteiger partial charge in [-0.25, -0.2) is 13.1 Å². The average Bonchev–Trinajstić information content (AvgIpc) is 2.84. The van der Waals surface area contributed by atoms with Crippen LogP contribution in [0.2, 0.25) is 0 Å². The van der Waals surface area contributed by atoms with Crippen LogP contribution in [-0.2, 0) is 15.8 Å². The van der Waals surface area contributed by atoms with Crippen LogP contribution in [0.25, 0.3) is 11.0 Å². The van der Waals surface area contributed by atoms with Crippen LogP contribution in [0, 0.1) is 0 Å². The van der Waals surface area contributed by atoms with Crippen LogP contribution in [0.3, 0.4) is 0 Å². The Morgan fingerprint density at radius 3 is 3.05 bits per heavy atom. The lowest BCUT2D eigenvalue weighted by atomic mass is 10.0. The Labute approximate surface area is 123 Å². The first-order chi connectivity index (χ1) is 10.1. The van der Waals surface area contributed by atoms with Gasteiger partial charge in [0.05, 0.1) is 0 Å². The lowest BCUT2D eigenvalue weighted by molar-refractivity contribution is 0.348. The van der Waals surface area contributed by atoms with Gasteiger partial charge in [0.25, 0.3) is 0 Å². The molecule has 2 aromatic rings. The van der Waals surface area contributed by atoms with E-state index in [1.807, 2.05) is 25.1 Å². The number of nitrogens with zero attached hydrogens (tertiary/aromatic N) is 1. The van der Waals surface area contributed by atoms with Crippen LogP contribution in [-0.4, -0.2) is 32.2 Å². The van der Waals surface area contributed by atoms with Crippen molar-refractivity contribution in [3.8, 4) is 0 Å². The van der Waals surface area contributed by atoms with E-state index in [0.717, 1.165) is 24.8 Å². The maximum Gasteiger partial charge on any atom is 0.217 e. The van der Waals surface area contributed by atoms with Gasteiger partial charge in [-0.1, -0.05) is 17.3 Å². The number of nitrogens with one attached hydrogen (secondary N) is 2. The summed E-state index contributed by atoms with van der Waals surface area (Å²) in [5, 5.41) is 7.91. The van der Waals surface area contributed by atoms with Gasteiger partial charge in [0.2, 0.25) is 10.0 Å².